The highest BCUT2D eigenvalue weighted by atomic mass is 35.5. The summed E-state index contributed by atoms with van der Waals surface area (Å²) in [5, 5.41) is 29.1. The van der Waals surface area contributed by atoms with Gasteiger partial charge in [-0.3, -0.25) is 14.4 Å². The molecule has 55 heavy (non-hydrogen) atoms. The lowest BCUT2D eigenvalue weighted by atomic mass is 10.2. The summed E-state index contributed by atoms with van der Waals surface area (Å²) < 4.78 is 3.56. The van der Waals surface area contributed by atoms with Gasteiger partial charge in [-0.2, -0.15) is 0 Å². The molecule has 0 radical (unpaired) electrons. The third-order valence-corrected chi connectivity index (χ3v) is 7.99. The lowest BCUT2D eigenvalue weighted by Gasteiger charge is -2.34. The van der Waals surface area contributed by atoms with Crippen LogP contribution in [0.1, 0.15) is 33.1 Å². The predicted octanol–water partition coefficient (Wildman–Crippen LogP) is -15.0. The largest absolute Gasteiger partial charge is 1.00 e. The van der Waals surface area contributed by atoms with Gasteiger partial charge in [0.2, 0.25) is 11.8 Å². The number of quaternary nitrogens is 5. The Morgan fingerprint density at radius 1 is 0.491 bits per heavy atom. The van der Waals surface area contributed by atoms with E-state index < -0.39 is 0 Å². The highest BCUT2D eigenvalue weighted by Crippen LogP contribution is 2.06. The molecule has 18 heteroatoms. The summed E-state index contributed by atoms with van der Waals surface area (Å²) in [5.41, 5.74) is 1.05. The Morgan fingerprint density at radius 3 is 1.04 bits per heavy atom. The van der Waals surface area contributed by atoms with Gasteiger partial charge in [0.15, 0.2) is 18.8 Å². The van der Waals surface area contributed by atoms with Crippen LogP contribution < -0.4 is 78.0 Å². The smallest absolute Gasteiger partial charge is 0.275 e. The van der Waals surface area contributed by atoms with E-state index in [1.807, 2.05) is 14.1 Å². The minimum absolute atomic E-state index is 0. The summed E-state index contributed by atoms with van der Waals surface area (Å²) in [4.78, 5) is 35.1. The van der Waals surface area contributed by atoms with Crippen molar-refractivity contribution in [1.29, 1.82) is 0 Å². The number of aliphatic hydroxyl groups excluding tert-OH is 2. The van der Waals surface area contributed by atoms with E-state index in [4.69, 9.17) is 0 Å². The summed E-state index contributed by atoms with van der Waals surface area (Å²) >= 11 is 0. The van der Waals surface area contributed by atoms with Crippen molar-refractivity contribution < 1.29 is 109 Å². The van der Waals surface area contributed by atoms with Gasteiger partial charge in [0.05, 0.1) is 104 Å². The quantitative estimate of drug-likeness (QED) is 0.0375. The molecule has 13 nitrogen and oxygen atoms in total. The van der Waals surface area contributed by atoms with Crippen LogP contribution in [0.4, 0.5) is 0 Å². The number of hydrogen-bond acceptors (Lipinski definition) is 5. The molecule has 0 aliphatic heterocycles. The first-order chi connectivity index (χ1) is 22.5. The van der Waals surface area contributed by atoms with E-state index in [1.54, 1.807) is 13.8 Å². The van der Waals surface area contributed by atoms with Gasteiger partial charge in [-0.25, -0.2) is 0 Å². The van der Waals surface area contributed by atoms with Gasteiger partial charge in [-0.15, -0.1) is 0 Å². The Hall–Kier alpha value is -0.940. The van der Waals surface area contributed by atoms with Crippen LogP contribution in [0.3, 0.4) is 0 Å². The number of nitrogens with one attached hydrogen (secondary N) is 3. The fourth-order valence-corrected chi connectivity index (χ4v) is 5.68. The van der Waals surface area contributed by atoms with Crippen molar-refractivity contribution >= 4 is 17.7 Å². The van der Waals surface area contributed by atoms with Crippen molar-refractivity contribution in [3.05, 3.63) is 24.3 Å². The van der Waals surface area contributed by atoms with E-state index in [-0.39, 0.29) is 92.0 Å². The molecule has 0 aliphatic rings. The van der Waals surface area contributed by atoms with Crippen LogP contribution in [0.25, 0.3) is 0 Å². The first-order valence-corrected chi connectivity index (χ1v) is 18.0. The Morgan fingerprint density at radius 2 is 0.764 bits per heavy atom. The molecule has 0 saturated carbocycles. The lowest BCUT2D eigenvalue weighted by Crippen LogP contribution is -3.00. The van der Waals surface area contributed by atoms with Gasteiger partial charge < -0.3 is 111 Å². The molecule has 334 valence electrons. The number of likely N-dealkylation sites (N-methyl/N-ethyl adjacent to an activating group) is 5. The molecule has 0 rings (SSSR count). The maximum absolute atomic E-state index is 12.3. The minimum Gasteiger partial charge on any atom is -1.00 e. The molecule has 0 bridgehead atoms. The number of carbonyl (C=O) groups is 3. The van der Waals surface area contributed by atoms with Crippen LogP contribution >= 0.6 is 0 Å². The van der Waals surface area contributed by atoms with Gasteiger partial charge in [-0.1, -0.05) is 13.2 Å². The number of hydrogen-bond donors (Lipinski definition) is 5. The summed E-state index contributed by atoms with van der Waals surface area (Å²) in [6.07, 6.45) is 1.92. The molecule has 0 aromatic heterocycles. The van der Waals surface area contributed by atoms with Gasteiger partial charge >= 0.3 is 0 Å². The van der Waals surface area contributed by atoms with Gasteiger partial charge in [0.25, 0.3) is 5.91 Å². The molecule has 0 fully saturated rings. The van der Waals surface area contributed by atoms with Crippen molar-refractivity contribution in [2.75, 3.05) is 157 Å². The zero-order valence-corrected chi connectivity index (χ0v) is 40.5. The number of nitrogens with zero attached hydrogens (tertiary/aromatic N) is 5. The summed E-state index contributed by atoms with van der Waals surface area (Å²) in [5.74, 6) is -0.161. The van der Waals surface area contributed by atoms with Crippen molar-refractivity contribution in [2.24, 2.45) is 0 Å². The number of halogens is 5. The van der Waals surface area contributed by atoms with Crippen molar-refractivity contribution in [3.63, 3.8) is 0 Å². The van der Waals surface area contributed by atoms with Gasteiger partial charge in [-0.05, 0) is 13.8 Å². The number of rotatable bonds is 24. The fraction of sp³-hybridized carbons (Fsp3) is 0.811. The topological polar surface area (TPSA) is 128 Å². The Labute approximate surface area is 367 Å². The fourth-order valence-electron chi connectivity index (χ4n) is 5.68. The average molecular weight is 895 g/mol. The molecule has 0 aromatic rings. The number of carbonyl (C=O) groups excluding carboxylic acids is 3. The second-order valence-electron chi connectivity index (χ2n) is 18.2. The highest BCUT2D eigenvalue weighted by Gasteiger charge is 2.26. The van der Waals surface area contributed by atoms with E-state index in [1.165, 1.54) is 0 Å². The molecule has 0 saturated heterocycles. The summed E-state index contributed by atoms with van der Waals surface area (Å²) in [6, 6.07) is 0. The maximum atomic E-state index is 12.3. The summed E-state index contributed by atoms with van der Waals surface area (Å²) in [6.45, 7) is 18.4. The van der Waals surface area contributed by atoms with Crippen LogP contribution in [0, 0.1) is 0 Å². The monoisotopic (exact) mass is 892 g/mol. The Kier molecular flexibility index (Phi) is 40.0. The van der Waals surface area contributed by atoms with Crippen LogP contribution in [0.5, 0.6) is 0 Å². The molecule has 5 N–H and O–H groups in total. The first kappa shape index (κ1) is 68.7. The standard InChI is InChI=1S/C22H46N5O3.C15H32N3O2.5ClH/c1-19(2)22(30)24-13-11-15-27(8,9)18-21(29)23-12-10-14-26(6,7)17-20(28)16-25(3,4)5;1-13(2)15(20)16-9-8-10-18(6,7)12-14(19)11-17(3,4)5;;;;;/h20,28H,1,10-18H2,2-9H3;14,19H,1,8-12H2,2-7H3;5*1H/q2*+1;;;;;/p-2. The van der Waals surface area contributed by atoms with E-state index in [0.717, 1.165) is 76.5 Å². The molecule has 2 atom stereocenters. The van der Waals surface area contributed by atoms with Crippen molar-refractivity contribution in [2.45, 2.75) is 45.3 Å². The van der Waals surface area contributed by atoms with Crippen LogP contribution in [-0.2, 0) is 14.4 Å². The number of aliphatic hydroxyl groups is 2. The molecule has 3 amide bonds. The molecule has 2 unspecified atom stereocenters. The second kappa shape index (κ2) is 32.0. The molecule has 0 aliphatic carbocycles. The van der Waals surface area contributed by atoms with E-state index in [9.17, 15) is 24.6 Å². The Bertz CT molecular complexity index is 1090. The number of amides is 3. The Balaban J connectivity index is -0.000000163. The first-order valence-electron chi connectivity index (χ1n) is 18.0. The molecular formula is C37H81Cl5N8O5. The van der Waals surface area contributed by atoms with Gasteiger partial charge in [0.1, 0.15) is 26.2 Å². The van der Waals surface area contributed by atoms with E-state index in [0.29, 0.717) is 48.4 Å². The minimum atomic E-state index is -0.340. The van der Waals surface area contributed by atoms with Gasteiger partial charge in [0, 0.05) is 50.0 Å². The summed E-state index contributed by atoms with van der Waals surface area (Å²) in [7, 11) is 25.0. The average Bonchev–Trinajstić information content (AvgIpc) is 2.88. The maximum Gasteiger partial charge on any atom is 0.275 e. The van der Waals surface area contributed by atoms with E-state index >= 15 is 0 Å². The molecular weight excluding hydrogens is 814 g/mol. The van der Waals surface area contributed by atoms with Crippen LogP contribution in [-0.4, -0.2) is 219 Å². The normalized spacial score (nSPS) is 12.5. The predicted molar refractivity (Wildman–Crippen MR) is 206 cm³/mol. The SMILES string of the molecule is C=C(C)C(=O)NCCC[N+](C)(C)CC(=O)NCCC[N+](C)(C)CC(O)C[N+](C)(C)C.C=C(C)C(=O)NCCC[N+](C)(C)CC(O)C[N+](C)(C)C.[Cl-].[Cl-].[Cl-].[Cl-].[Cl-]. The van der Waals surface area contributed by atoms with E-state index in [2.05, 4.69) is 99.6 Å². The van der Waals surface area contributed by atoms with Crippen LogP contribution in [0.15, 0.2) is 24.3 Å². The third kappa shape index (κ3) is 44.0. The zero-order valence-electron chi connectivity index (χ0n) is 36.7. The van der Waals surface area contributed by atoms with Crippen LogP contribution in [0.2, 0.25) is 0 Å². The zero-order chi connectivity index (χ0) is 39.6. The second-order valence-corrected chi connectivity index (χ2v) is 18.2. The third-order valence-electron chi connectivity index (χ3n) is 7.99. The molecule has 0 heterocycles. The molecule has 0 spiro atoms. The van der Waals surface area contributed by atoms with Crippen molar-refractivity contribution in [1.82, 2.24) is 16.0 Å². The molecule has 0 aromatic carbocycles. The van der Waals surface area contributed by atoms with Crippen molar-refractivity contribution in [3.8, 4) is 0 Å². The highest BCUT2D eigenvalue weighted by molar-refractivity contribution is 5.92. The lowest BCUT2D eigenvalue weighted by molar-refractivity contribution is -0.907.